The van der Waals surface area contributed by atoms with E-state index in [2.05, 4.69) is 15.4 Å². The monoisotopic (exact) mass is 567 g/mol. The van der Waals surface area contributed by atoms with Gasteiger partial charge in [-0.1, -0.05) is 18.2 Å². The second kappa shape index (κ2) is 11.8. The number of nitrogens with zero attached hydrogens (tertiary/aromatic N) is 6. The molecule has 2 heterocycles. The van der Waals surface area contributed by atoms with Gasteiger partial charge in [-0.05, 0) is 63.8 Å². The van der Waals surface area contributed by atoms with E-state index >= 15 is 0 Å². The van der Waals surface area contributed by atoms with Gasteiger partial charge in [0.1, 0.15) is 6.04 Å². The van der Waals surface area contributed by atoms with Gasteiger partial charge in [0, 0.05) is 24.5 Å². The number of esters is 1. The lowest BCUT2D eigenvalue weighted by Crippen LogP contribution is -2.34. The van der Waals surface area contributed by atoms with Crippen LogP contribution in [0.5, 0.6) is 0 Å². The Morgan fingerprint density at radius 3 is 2.49 bits per heavy atom. The lowest BCUT2D eigenvalue weighted by atomic mass is 9.94. The predicted molar refractivity (Wildman–Crippen MR) is 143 cm³/mol. The molecule has 0 fully saturated rings. The van der Waals surface area contributed by atoms with Crippen molar-refractivity contribution in [3.05, 3.63) is 82.3 Å². The summed E-state index contributed by atoms with van der Waals surface area (Å²) in [6.07, 6.45) is -4.62. The number of fused-ring (bicyclic) bond motifs is 1. The average molecular weight is 568 g/mol. The van der Waals surface area contributed by atoms with Crippen LogP contribution in [0.4, 0.5) is 24.8 Å². The smallest absolute Gasteiger partial charge is 0.416 e. The summed E-state index contributed by atoms with van der Waals surface area (Å²) in [4.78, 5) is 34.1. The van der Waals surface area contributed by atoms with Crippen molar-refractivity contribution in [3.63, 3.8) is 0 Å². The molecule has 0 bridgehead atoms. The van der Waals surface area contributed by atoms with Crippen molar-refractivity contribution in [2.24, 2.45) is 0 Å². The fourth-order valence-electron chi connectivity index (χ4n) is 4.45. The number of aromatic nitrogens is 3. The number of ether oxygens (including phenoxy) is 1. The first kappa shape index (κ1) is 29.3. The van der Waals surface area contributed by atoms with Crippen molar-refractivity contribution in [2.45, 2.75) is 26.1 Å². The van der Waals surface area contributed by atoms with Gasteiger partial charge in [-0.25, -0.2) is 9.48 Å². The third kappa shape index (κ3) is 6.07. The van der Waals surface area contributed by atoms with Crippen molar-refractivity contribution in [3.8, 4) is 6.07 Å². The SMILES string of the molecule is CCOC(=O)C1=C(C)N(c2cccc(C(F)(F)F)c2)c2nc(C(=O)NCCN(C)C)nn2C1c1ccc(C#N)cc1. The molecule has 1 aromatic heterocycles. The van der Waals surface area contributed by atoms with E-state index in [0.717, 1.165) is 12.1 Å². The molecule has 41 heavy (non-hydrogen) atoms. The minimum Gasteiger partial charge on any atom is -0.463 e. The van der Waals surface area contributed by atoms with E-state index in [0.29, 0.717) is 24.2 Å². The standard InChI is InChI=1S/C28H28F3N7O3/c1-5-41-26(40)22-17(2)37(21-8-6-7-20(15-21)28(29,30)31)27-34-24(25(39)33-13-14-36(3)4)35-38(27)23(22)19-11-9-18(16-32)10-12-19/h6-12,15,23H,5,13-14H2,1-4H3,(H,33,39). The predicted octanol–water partition coefficient (Wildman–Crippen LogP) is 4.04. The van der Waals surface area contributed by atoms with Gasteiger partial charge in [0.25, 0.3) is 5.91 Å². The van der Waals surface area contributed by atoms with Gasteiger partial charge >= 0.3 is 12.1 Å². The van der Waals surface area contributed by atoms with Gasteiger partial charge < -0.3 is 15.0 Å². The van der Waals surface area contributed by atoms with Crippen LogP contribution >= 0.6 is 0 Å². The molecule has 3 aromatic rings. The lowest BCUT2D eigenvalue weighted by Gasteiger charge is -2.35. The molecule has 0 aliphatic carbocycles. The fraction of sp³-hybridized carbons (Fsp3) is 0.321. The maximum absolute atomic E-state index is 13.6. The van der Waals surface area contributed by atoms with Gasteiger partial charge in [-0.2, -0.15) is 23.4 Å². The largest absolute Gasteiger partial charge is 0.463 e. The van der Waals surface area contributed by atoms with Gasteiger partial charge in [-0.3, -0.25) is 9.69 Å². The maximum atomic E-state index is 13.6. The van der Waals surface area contributed by atoms with Crippen molar-refractivity contribution in [2.75, 3.05) is 38.7 Å². The number of halogens is 3. The number of hydrogen-bond acceptors (Lipinski definition) is 8. The Morgan fingerprint density at radius 1 is 1.17 bits per heavy atom. The minimum absolute atomic E-state index is 0.0296. The molecular weight excluding hydrogens is 539 g/mol. The van der Waals surface area contributed by atoms with Crippen LogP contribution in [0.25, 0.3) is 0 Å². The normalized spacial score (nSPS) is 15.0. The molecule has 10 nitrogen and oxygen atoms in total. The first-order chi connectivity index (χ1) is 19.5. The zero-order valence-corrected chi connectivity index (χ0v) is 22.9. The number of carbonyl (C=O) groups excluding carboxylic acids is 2. The summed E-state index contributed by atoms with van der Waals surface area (Å²) in [7, 11) is 3.69. The molecule has 0 radical (unpaired) electrons. The number of hydrogen-bond donors (Lipinski definition) is 1. The van der Waals surface area contributed by atoms with Crippen molar-refractivity contribution in [1.29, 1.82) is 5.26 Å². The van der Waals surface area contributed by atoms with Crippen LogP contribution in [-0.2, 0) is 15.7 Å². The Balaban J connectivity index is 1.94. The van der Waals surface area contributed by atoms with Crippen molar-refractivity contribution < 1.29 is 27.5 Å². The second-order valence-corrected chi connectivity index (χ2v) is 9.48. The van der Waals surface area contributed by atoms with Crippen LogP contribution in [0, 0.1) is 11.3 Å². The molecule has 1 aliphatic heterocycles. The molecule has 2 aromatic carbocycles. The van der Waals surface area contributed by atoms with E-state index in [1.54, 1.807) is 38.1 Å². The van der Waals surface area contributed by atoms with Crippen LogP contribution in [0.2, 0.25) is 0 Å². The highest BCUT2D eigenvalue weighted by Gasteiger charge is 2.41. The summed E-state index contributed by atoms with van der Waals surface area (Å²) in [6, 6.07) is 12.1. The van der Waals surface area contributed by atoms with Gasteiger partial charge in [0.2, 0.25) is 11.8 Å². The number of nitrogens with one attached hydrogen (secondary N) is 1. The van der Waals surface area contributed by atoms with Crippen molar-refractivity contribution >= 4 is 23.5 Å². The fourth-order valence-corrected chi connectivity index (χ4v) is 4.45. The first-order valence-corrected chi connectivity index (χ1v) is 12.7. The van der Waals surface area contributed by atoms with E-state index in [-0.39, 0.29) is 35.3 Å². The third-order valence-electron chi connectivity index (χ3n) is 6.39. The molecule has 1 amide bonds. The summed E-state index contributed by atoms with van der Waals surface area (Å²) in [5, 5.41) is 16.4. The number of likely N-dealkylation sites (N-methyl/N-ethyl adjacent to an activating group) is 1. The zero-order valence-electron chi connectivity index (χ0n) is 22.9. The first-order valence-electron chi connectivity index (χ1n) is 12.7. The number of nitriles is 1. The van der Waals surface area contributed by atoms with E-state index < -0.39 is 29.7 Å². The summed E-state index contributed by atoms with van der Waals surface area (Å²) < 4.78 is 47.6. The van der Waals surface area contributed by atoms with Crippen LogP contribution in [0.1, 0.15) is 47.2 Å². The van der Waals surface area contributed by atoms with Crippen molar-refractivity contribution in [1.82, 2.24) is 25.0 Å². The molecule has 1 unspecified atom stereocenters. The number of carbonyl (C=O) groups is 2. The summed E-state index contributed by atoms with van der Waals surface area (Å²) in [6.45, 7) is 4.10. The summed E-state index contributed by atoms with van der Waals surface area (Å²) in [5.41, 5.74) is 0.407. The van der Waals surface area contributed by atoms with Crippen LogP contribution < -0.4 is 10.2 Å². The molecule has 0 saturated carbocycles. The Kier molecular flexibility index (Phi) is 8.44. The highest BCUT2D eigenvalue weighted by molar-refractivity contribution is 5.94. The number of allylic oxidation sites excluding steroid dienone is 1. The van der Waals surface area contributed by atoms with Crippen LogP contribution in [0.3, 0.4) is 0 Å². The van der Waals surface area contributed by atoms with E-state index in [4.69, 9.17) is 4.74 Å². The highest BCUT2D eigenvalue weighted by atomic mass is 19.4. The number of anilines is 2. The van der Waals surface area contributed by atoms with Gasteiger partial charge in [0.15, 0.2) is 0 Å². The number of benzene rings is 2. The third-order valence-corrected chi connectivity index (χ3v) is 6.39. The molecule has 13 heteroatoms. The van der Waals surface area contributed by atoms with E-state index in [9.17, 15) is 28.0 Å². The van der Waals surface area contributed by atoms with Gasteiger partial charge in [-0.15, -0.1) is 5.10 Å². The minimum atomic E-state index is -4.62. The summed E-state index contributed by atoms with van der Waals surface area (Å²) >= 11 is 0. The number of alkyl halides is 3. The van der Waals surface area contributed by atoms with E-state index in [1.807, 2.05) is 25.1 Å². The second-order valence-electron chi connectivity index (χ2n) is 9.48. The Bertz CT molecular complexity index is 1520. The lowest BCUT2D eigenvalue weighted by molar-refractivity contribution is -0.139. The average Bonchev–Trinajstić information content (AvgIpc) is 3.36. The topological polar surface area (TPSA) is 116 Å². The molecule has 1 N–H and O–H groups in total. The molecule has 4 rings (SSSR count). The van der Waals surface area contributed by atoms with E-state index in [1.165, 1.54) is 21.7 Å². The molecule has 0 spiro atoms. The summed E-state index contributed by atoms with van der Waals surface area (Å²) in [5.74, 6) is -1.50. The highest BCUT2D eigenvalue weighted by Crippen LogP contribution is 2.43. The number of amides is 1. The molecule has 0 saturated heterocycles. The zero-order chi connectivity index (χ0) is 29.9. The molecule has 1 atom stereocenters. The quantitative estimate of drug-likeness (QED) is 0.406. The van der Waals surface area contributed by atoms with Crippen LogP contribution in [-0.4, -0.2) is 65.3 Å². The molecule has 214 valence electrons. The Labute approximate surface area is 234 Å². The Hall–Kier alpha value is -4.70. The molecule has 1 aliphatic rings. The van der Waals surface area contributed by atoms with Crippen LogP contribution in [0.15, 0.2) is 59.8 Å². The number of rotatable bonds is 8. The maximum Gasteiger partial charge on any atom is 0.416 e. The van der Waals surface area contributed by atoms with Gasteiger partial charge in [0.05, 0.1) is 29.4 Å². The molecular formula is C28H28F3N7O3. The Morgan fingerprint density at radius 2 is 1.88 bits per heavy atom.